The zero-order valence-electron chi connectivity index (χ0n) is 13.9. The van der Waals surface area contributed by atoms with Crippen LogP contribution < -0.4 is 16.4 Å². The van der Waals surface area contributed by atoms with E-state index in [0.717, 1.165) is 25.8 Å². The van der Waals surface area contributed by atoms with E-state index < -0.39 is 0 Å². The van der Waals surface area contributed by atoms with Crippen LogP contribution in [0.4, 0.5) is 0 Å². The highest BCUT2D eigenvalue weighted by Crippen LogP contribution is 2.28. The number of nitrogens with one attached hydrogen (secondary N) is 2. The Hall–Kier alpha value is -0.900. The molecule has 1 fully saturated rings. The van der Waals surface area contributed by atoms with Crippen LogP contribution in [-0.4, -0.2) is 29.7 Å². The van der Waals surface area contributed by atoms with Crippen molar-refractivity contribution in [3.05, 3.63) is 35.9 Å². The summed E-state index contributed by atoms with van der Waals surface area (Å²) in [6.07, 6.45) is 3.23. The van der Waals surface area contributed by atoms with Gasteiger partial charge >= 0.3 is 0 Å². The molecule has 1 saturated heterocycles. The summed E-state index contributed by atoms with van der Waals surface area (Å²) < 4.78 is 0. The Kier molecular flexibility index (Phi) is 5.07. The summed E-state index contributed by atoms with van der Waals surface area (Å²) >= 11 is 0. The van der Waals surface area contributed by atoms with E-state index in [4.69, 9.17) is 5.73 Å². The summed E-state index contributed by atoms with van der Waals surface area (Å²) in [5.74, 6) is 0. The summed E-state index contributed by atoms with van der Waals surface area (Å²) in [7, 11) is 0. The Bertz CT molecular complexity index is 423. The van der Waals surface area contributed by atoms with Crippen molar-refractivity contribution in [3.63, 3.8) is 0 Å². The van der Waals surface area contributed by atoms with Crippen LogP contribution in [0.1, 0.15) is 46.1 Å². The second-order valence-corrected chi connectivity index (χ2v) is 7.86. The van der Waals surface area contributed by atoms with Crippen molar-refractivity contribution < 1.29 is 0 Å². The van der Waals surface area contributed by atoms with Crippen molar-refractivity contribution in [2.45, 2.75) is 70.1 Å². The van der Waals surface area contributed by atoms with Gasteiger partial charge in [-0.2, -0.15) is 0 Å². The highest BCUT2D eigenvalue weighted by molar-refractivity contribution is 5.15. The molecule has 0 saturated carbocycles. The number of hydrogen-bond donors (Lipinski definition) is 3. The lowest BCUT2D eigenvalue weighted by molar-refractivity contribution is 0.145. The molecule has 2 rings (SSSR count). The van der Waals surface area contributed by atoms with Gasteiger partial charge in [-0.1, -0.05) is 30.3 Å². The minimum atomic E-state index is 0.175. The Balaban J connectivity index is 1.82. The van der Waals surface area contributed by atoms with Crippen LogP contribution in [0.5, 0.6) is 0 Å². The zero-order valence-corrected chi connectivity index (χ0v) is 13.9. The van der Waals surface area contributed by atoms with Crippen molar-refractivity contribution in [1.29, 1.82) is 0 Å². The van der Waals surface area contributed by atoms with Gasteiger partial charge in [0, 0.05) is 29.7 Å². The topological polar surface area (TPSA) is 50.1 Å². The summed E-state index contributed by atoms with van der Waals surface area (Å²) in [6.45, 7) is 10.0. The highest BCUT2D eigenvalue weighted by atomic mass is 15.1. The molecule has 1 aliphatic rings. The molecule has 3 heteroatoms. The molecular weight excluding hydrogens is 258 g/mol. The van der Waals surface area contributed by atoms with Gasteiger partial charge in [-0.05, 0) is 52.5 Å². The minimum absolute atomic E-state index is 0.175. The van der Waals surface area contributed by atoms with Crippen LogP contribution in [0, 0.1) is 0 Å². The molecule has 1 atom stereocenters. The molecule has 4 N–H and O–H groups in total. The molecule has 0 spiro atoms. The van der Waals surface area contributed by atoms with Crippen LogP contribution in [-0.2, 0) is 6.42 Å². The van der Waals surface area contributed by atoms with Crippen molar-refractivity contribution in [2.24, 2.45) is 5.73 Å². The van der Waals surface area contributed by atoms with Gasteiger partial charge in [0.25, 0.3) is 0 Å². The number of hydrogen-bond acceptors (Lipinski definition) is 3. The van der Waals surface area contributed by atoms with Crippen molar-refractivity contribution in [2.75, 3.05) is 6.54 Å². The van der Waals surface area contributed by atoms with E-state index in [1.807, 2.05) is 6.07 Å². The summed E-state index contributed by atoms with van der Waals surface area (Å²) in [5.41, 5.74) is 7.96. The van der Waals surface area contributed by atoms with E-state index in [2.05, 4.69) is 62.6 Å². The number of rotatable bonds is 5. The Morgan fingerprint density at radius 1 is 1.14 bits per heavy atom. The SMILES string of the molecule is CC1(C)CC(NC[C@@H](N)Cc2ccccc2)CC(C)(C)N1. The lowest BCUT2D eigenvalue weighted by atomic mass is 9.79. The zero-order chi connectivity index (χ0) is 15.5. The number of nitrogens with two attached hydrogens (primary N) is 1. The Morgan fingerprint density at radius 3 is 2.29 bits per heavy atom. The third-order valence-electron chi connectivity index (χ3n) is 4.20. The summed E-state index contributed by atoms with van der Waals surface area (Å²) in [4.78, 5) is 0. The van der Waals surface area contributed by atoms with Gasteiger partial charge in [0.1, 0.15) is 0 Å². The van der Waals surface area contributed by atoms with Crippen LogP contribution in [0.15, 0.2) is 30.3 Å². The number of piperidine rings is 1. The van der Waals surface area contributed by atoms with E-state index in [-0.39, 0.29) is 17.1 Å². The van der Waals surface area contributed by atoms with E-state index in [0.29, 0.717) is 6.04 Å². The van der Waals surface area contributed by atoms with Gasteiger partial charge in [0.2, 0.25) is 0 Å². The van der Waals surface area contributed by atoms with E-state index in [1.54, 1.807) is 0 Å². The normalized spacial score (nSPS) is 22.9. The van der Waals surface area contributed by atoms with Gasteiger partial charge in [0.15, 0.2) is 0 Å². The molecule has 1 heterocycles. The molecule has 118 valence electrons. The van der Waals surface area contributed by atoms with Gasteiger partial charge < -0.3 is 16.4 Å². The first-order valence-corrected chi connectivity index (χ1v) is 8.08. The molecule has 0 radical (unpaired) electrons. The molecule has 0 amide bonds. The third-order valence-corrected chi connectivity index (χ3v) is 4.20. The molecule has 0 bridgehead atoms. The smallest absolute Gasteiger partial charge is 0.0206 e. The van der Waals surface area contributed by atoms with Gasteiger partial charge in [0.05, 0.1) is 0 Å². The Morgan fingerprint density at radius 2 is 1.71 bits per heavy atom. The summed E-state index contributed by atoms with van der Waals surface area (Å²) in [5, 5.41) is 7.41. The van der Waals surface area contributed by atoms with Crippen LogP contribution in [0.25, 0.3) is 0 Å². The molecular formula is C18H31N3. The lowest BCUT2D eigenvalue weighted by Crippen LogP contribution is -2.62. The van der Waals surface area contributed by atoms with E-state index in [1.165, 1.54) is 5.56 Å². The van der Waals surface area contributed by atoms with Crippen LogP contribution in [0.2, 0.25) is 0 Å². The average Bonchev–Trinajstić information content (AvgIpc) is 2.34. The molecule has 3 nitrogen and oxygen atoms in total. The van der Waals surface area contributed by atoms with Gasteiger partial charge in [-0.3, -0.25) is 0 Å². The van der Waals surface area contributed by atoms with Crippen molar-refractivity contribution >= 4 is 0 Å². The van der Waals surface area contributed by atoms with E-state index in [9.17, 15) is 0 Å². The van der Waals surface area contributed by atoms with Crippen LogP contribution >= 0.6 is 0 Å². The average molecular weight is 289 g/mol. The van der Waals surface area contributed by atoms with Crippen molar-refractivity contribution in [1.82, 2.24) is 10.6 Å². The quantitative estimate of drug-likeness (QED) is 0.780. The first-order chi connectivity index (χ1) is 9.76. The fraction of sp³-hybridized carbons (Fsp3) is 0.667. The third kappa shape index (κ3) is 5.42. The lowest BCUT2D eigenvalue weighted by Gasteiger charge is -2.47. The van der Waals surface area contributed by atoms with Crippen LogP contribution in [0.3, 0.4) is 0 Å². The van der Waals surface area contributed by atoms with Gasteiger partial charge in [-0.25, -0.2) is 0 Å². The monoisotopic (exact) mass is 289 g/mol. The maximum atomic E-state index is 6.28. The fourth-order valence-electron chi connectivity index (χ4n) is 3.77. The highest BCUT2D eigenvalue weighted by Gasteiger charge is 2.37. The fourth-order valence-corrected chi connectivity index (χ4v) is 3.77. The largest absolute Gasteiger partial charge is 0.326 e. The maximum absolute atomic E-state index is 6.28. The van der Waals surface area contributed by atoms with Crippen molar-refractivity contribution in [3.8, 4) is 0 Å². The molecule has 0 unspecified atom stereocenters. The predicted molar refractivity (Wildman–Crippen MR) is 90.4 cm³/mol. The first kappa shape index (κ1) is 16.5. The molecule has 1 aliphatic heterocycles. The Labute approximate surface area is 129 Å². The molecule has 1 aromatic carbocycles. The second-order valence-electron chi connectivity index (χ2n) is 7.86. The molecule has 0 aliphatic carbocycles. The van der Waals surface area contributed by atoms with Gasteiger partial charge in [-0.15, -0.1) is 0 Å². The molecule has 1 aromatic rings. The maximum Gasteiger partial charge on any atom is 0.0206 e. The molecule has 0 aromatic heterocycles. The minimum Gasteiger partial charge on any atom is -0.326 e. The number of benzene rings is 1. The standard InChI is InChI=1S/C18H31N3/c1-17(2)11-16(12-18(3,4)21-17)20-13-15(19)10-14-8-6-5-7-9-14/h5-9,15-16,20-21H,10-13,19H2,1-4H3/t15-/m0/s1. The summed E-state index contributed by atoms with van der Waals surface area (Å²) in [6, 6.07) is 11.2. The molecule has 21 heavy (non-hydrogen) atoms. The predicted octanol–water partition coefficient (Wildman–Crippen LogP) is 2.46. The van der Waals surface area contributed by atoms with E-state index >= 15 is 0 Å². The second kappa shape index (κ2) is 6.47. The first-order valence-electron chi connectivity index (χ1n) is 8.08.